The van der Waals surface area contributed by atoms with Gasteiger partial charge in [0.2, 0.25) is 11.8 Å². The van der Waals surface area contributed by atoms with Crippen molar-refractivity contribution in [2.24, 2.45) is 22.7 Å². The number of carbonyl (C=O) groups excluding carboxylic acids is 4. The van der Waals surface area contributed by atoms with E-state index in [-0.39, 0.29) is 62.2 Å². The van der Waals surface area contributed by atoms with Crippen molar-refractivity contribution in [2.45, 2.75) is 101 Å². The van der Waals surface area contributed by atoms with Crippen LogP contribution in [0.5, 0.6) is 0 Å². The van der Waals surface area contributed by atoms with Crippen LogP contribution in [0.4, 0.5) is 10.1 Å². The van der Waals surface area contributed by atoms with E-state index >= 15 is 4.39 Å². The van der Waals surface area contributed by atoms with E-state index in [1.165, 1.54) is 18.2 Å². The van der Waals surface area contributed by atoms with Crippen molar-refractivity contribution >= 4 is 58.8 Å². The quantitative estimate of drug-likeness (QED) is 0.0599. The third-order valence-corrected chi connectivity index (χ3v) is 15.3. The summed E-state index contributed by atoms with van der Waals surface area (Å²) in [5.74, 6) is -4.25. The van der Waals surface area contributed by atoms with Crippen molar-refractivity contribution in [3.05, 3.63) is 88.5 Å². The Balaban J connectivity index is 1.07. The number of Topliss-reactive ketones (excluding diaryl/α,β-unsaturated/α-hetero) is 1. The number of anilines is 1. The Morgan fingerprint density at radius 3 is 2.46 bits per heavy atom. The molecule has 1 heterocycles. The number of carboxylic acids is 1. The Morgan fingerprint density at radius 1 is 1.06 bits per heavy atom. The maximum atomic E-state index is 17.9. The molecule has 5 aliphatic rings. The number of carboxylic acid groups (broad SMARTS) is 1. The molecular formula is C45H54BrFN3O14P. The van der Waals surface area contributed by atoms with Gasteiger partial charge in [-0.15, -0.1) is 0 Å². The first-order valence-corrected chi connectivity index (χ1v) is 24.1. The van der Waals surface area contributed by atoms with Crippen LogP contribution in [0.3, 0.4) is 0 Å². The number of allylic oxidation sites excluding steroid dienone is 4. The number of fused-ring (bicyclic) bond motifs is 7. The molecule has 2 aromatic carbocycles. The topological polar surface area (TPSA) is 267 Å². The predicted octanol–water partition coefficient (Wildman–Crippen LogP) is 3.85. The number of halogens is 2. The molecule has 4 aliphatic carbocycles. The van der Waals surface area contributed by atoms with Crippen molar-refractivity contribution in [1.82, 2.24) is 10.6 Å². The zero-order valence-corrected chi connectivity index (χ0v) is 38.3. The number of nitrogens with one attached hydrogen (secondary N) is 3. The molecule has 0 unspecified atom stereocenters. The van der Waals surface area contributed by atoms with Crippen LogP contribution in [0.25, 0.3) is 0 Å². The average molecular weight is 991 g/mol. The first-order valence-electron chi connectivity index (χ1n) is 21.5. The second kappa shape index (κ2) is 18.9. The highest BCUT2D eigenvalue weighted by molar-refractivity contribution is 9.09. The first kappa shape index (κ1) is 48.9. The number of benzene rings is 2. The number of aliphatic carboxylic acids is 1. The minimum absolute atomic E-state index is 0.0136. The summed E-state index contributed by atoms with van der Waals surface area (Å²) in [5, 5.41) is 39.9. The summed E-state index contributed by atoms with van der Waals surface area (Å²) in [4.78, 5) is 81.9. The standard InChI is InChI=1S/C45H54BrFN3O14P/c1-42-14-13-30(52)19-29(42)8-9-31-32-20-37-45(36(54)24-62-65(59,60)61,43(32,2)21-35(53)44(31,42)47)64-41(63-37)27-6-3-25(4-7-27)17-26-5-10-33(28(18-26)23-51)50-40(58)34(11-12-39(56)57)48-15-16-49-38(55)22-46/h3-7,10,13-14,18-19,31-32,34-35,37,41,48,51,53H,8-9,11-12,15-17,20-24H2,1-2H3,(H,49,55)(H,50,58)(H,56,57)(H2,59,60,61)/t31-,32-,34-,35-,37+,41+,42-,43-,44-,45+/m0/s1. The highest BCUT2D eigenvalue weighted by Crippen LogP contribution is 2.72. The van der Waals surface area contributed by atoms with Gasteiger partial charge in [0, 0.05) is 53.1 Å². The van der Waals surface area contributed by atoms with E-state index in [2.05, 4.69) is 31.9 Å². The average Bonchev–Trinajstić information content (AvgIpc) is 3.76. The smallest absolute Gasteiger partial charge is 0.470 e. The number of hydrogen-bond acceptors (Lipinski definition) is 12. The fourth-order valence-corrected chi connectivity index (χ4v) is 11.7. The molecule has 10 atom stereocenters. The van der Waals surface area contributed by atoms with Gasteiger partial charge < -0.3 is 50.5 Å². The Hall–Kier alpha value is -4.01. The molecule has 1 saturated heterocycles. The third-order valence-electron chi connectivity index (χ3n) is 14.3. The number of phosphoric acid groups is 1. The Bertz CT molecular complexity index is 2330. The number of aliphatic hydroxyl groups excluding tert-OH is 2. The molecule has 1 aliphatic heterocycles. The van der Waals surface area contributed by atoms with Gasteiger partial charge in [-0.2, -0.15) is 0 Å². The molecule has 2 aromatic rings. The van der Waals surface area contributed by atoms with Crippen molar-refractivity contribution in [1.29, 1.82) is 0 Å². The van der Waals surface area contributed by atoms with Gasteiger partial charge >= 0.3 is 13.8 Å². The van der Waals surface area contributed by atoms with Crippen LogP contribution in [0, 0.1) is 22.7 Å². The lowest BCUT2D eigenvalue weighted by Gasteiger charge is -2.62. The van der Waals surface area contributed by atoms with E-state index in [1.807, 2.05) is 12.1 Å². The monoisotopic (exact) mass is 989 g/mol. The molecule has 7 rings (SSSR count). The number of phosphoric ester groups is 1. The Kier molecular flexibility index (Phi) is 14.3. The largest absolute Gasteiger partial charge is 0.481 e. The molecule has 8 N–H and O–H groups in total. The summed E-state index contributed by atoms with van der Waals surface area (Å²) in [5.41, 5.74) is -3.17. The predicted molar refractivity (Wildman–Crippen MR) is 234 cm³/mol. The van der Waals surface area contributed by atoms with Crippen LogP contribution in [-0.4, -0.2) is 109 Å². The SMILES string of the molecule is C[C@]12C=CC(=O)C=C1CC[C@H]1[C@@H]3C[C@H]4O[C@@H](c5ccc(Cc6ccc(NC(=O)[C@H](CCC(=O)O)NCCNC(=O)CBr)c(CO)c6)cc5)O[C@@]4(C(=O)COP(=O)(O)O)[C@@]3(C)C[C@H](O)[C@@]12F. The maximum Gasteiger partial charge on any atom is 0.470 e. The van der Waals surface area contributed by atoms with Crippen LogP contribution >= 0.6 is 23.8 Å². The lowest BCUT2D eigenvalue weighted by atomic mass is 9.44. The van der Waals surface area contributed by atoms with Gasteiger partial charge in [-0.25, -0.2) is 8.96 Å². The van der Waals surface area contributed by atoms with E-state index < -0.39 is 97.2 Å². The minimum Gasteiger partial charge on any atom is -0.481 e. The summed E-state index contributed by atoms with van der Waals surface area (Å²) in [6.45, 7) is 2.41. The molecular weight excluding hydrogens is 936 g/mol. The molecule has 0 spiro atoms. The summed E-state index contributed by atoms with van der Waals surface area (Å²) >= 11 is 3.06. The van der Waals surface area contributed by atoms with Crippen molar-refractivity contribution < 1.29 is 72.0 Å². The first-order chi connectivity index (χ1) is 30.7. The molecule has 17 nitrogen and oxygen atoms in total. The molecule has 0 aromatic heterocycles. The Labute approximate surface area is 382 Å². The van der Waals surface area contributed by atoms with E-state index in [9.17, 15) is 53.6 Å². The Morgan fingerprint density at radius 2 is 1.78 bits per heavy atom. The number of aliphatic hydroxyl groups is 2. The molecule has 3 saturated carbocycles. The number of rotatable bonds is 18. The third kappa shape index (κ3) is 9.21. The van der Waals surface area contributed by atoms with Crippen molar-refractivity contribution in [3.8, 4) is 0 Å². The lowest BCUT2D eigenvalue weighted by molar-refractivity contribution is -0.231. The van der Waals surface area contributed by atoms with E-state index in [0.29, 0.717) is 35.2 Å². The molecule has 20 heteroatoms. The second-order valence-corrected chi connectivity index (χ2v) is 19.8. The molecule has 0 bridgehead atoms. The van der Waals surface area contributed by atoms with Gasteiger partial charge in [-0.3, -0.25) is 28.5 Å². The number of amides is 2. The van der Waals surface area contributed by atoms with E-state index in [4.69, 9.17) is 14.0 Å². The van der Waals surface area contributed by atoms with Gasteiger partial charge in [0.25, 0.3) is 0 Å². The number of carbonyl (C=O) groups is 5. The number of alkyl halides is 2. The fraction of sp³-hybridized carbons (Fsp3) is 0.533. The van der Waals surface area contributed by atoms with Gasteiger partial charge in [-0.1, -0.05) is 70.9 Å². The summed E-state index contributed by atoms with van der Waals surface area (Å²) in [6.07, 6.45) is 1.22. The van der Waals surface area contributed by atoms with Crippen LogP contribution in [0.15, 0.2) is 66.3 Å². The summed E-state index contributed by atoms with van der Waals surface area (Å²) in [7, 11) is -5.11. The number of ether oxygens (including phenoxy) is 2. The zero-order chi connectivity index (χ0) is 47.1. The summed E-state index contributed by atoms with van der Waals surface area (Å²) < 4.78 is 47.6. The van der Waals surface area contributed by atoms with Gasteiger partial charge in [0.1, 0.15) is 6.61 Å². The van der Waals surface area contributed by atoms with E-state index in [1.54, 1.807) is 44.2 Å². The summed E-state index contributed by atoms with van der Waals surface area (Å²) in [6, 6.07) is 11.4. The van der Waals surface area contributed by atoms with Crippen LogP contribution in [0.1, 0.15) is 80.9 Å². The highest BCUT2D eigenvalue weighted by atomic mass is 79.9. The molecule has 0 radical (unpaired) electrons. The minimum atomic E-state index is -5.11. The molecule has 2 amide bonds. The fourth-order valence-electron chi connectivity index (χ4n) is 11.2. The number of hydrogen-bond donors (Lipinski definition) is 8. The van der Waals surface area contributed by atoms with Crippen LogP contribution in [-0.2, 0) is 55.6 Å². The zero-order valence-electron chi connectivity index (χ0n) is 35.8. The molecule has 4 fully saturated rings. The molecule has 65 heavy (non-hydrogen) atoms. The van der Waals surface area contributed by atoms with Crippen LogP contribution < -0.4 is 16.0 Å². The maximum absolute atomic E-state index is 17.9. The van der Waals surface area contributed by atoms with Gasteiger partial charge in [0.15, 0.2) is 29.1 Å². The number of ketones is 2. The second-order valence-electron chi connectivity index (χ2n) is 18.0. The normalized spacial score (nSPS) is 31.8. The van der Waals surface area contributed by atoms with Gasteiger partial charge in [0.05, 0.1) is 30.2 Å². The van der Waals surface area contributed by atoms with Gasteiger partial charge in [-0.05, 0) is 80.7 Å². The molecule has 352 valence electrons. The van der Waals surface area contributed by atoms with Crippen molar-refractivity contribution in [3.63, 3.8) is 0 Å². The van der Waals surface area contributed by atoms with Crippen LogP contribution in [0.2, 0.25) is 0 Å². The highest BCUT2D eigenvalue weighted by Gasteiger charge is 2.79. The van der Waals surface area contributed by atoms with E-state index in [0.717, 1.165) is 11.1 Å². The van der Waals surface area contributed by atoms with Crippen molar-refractivity contribution in [2.75, 3.05) is 30.3 Å². The lowest BCUT2D eigenvalue weighted by Crippen LogP contribution is -2.69.